The zero-order valence-corrected chi connectivity index (χ0v) is 12.1. The number of amides is 1. The van der Waals surface area contributed by atoms with Crippen molar-refractivity contribution < 1.29 is 9.90 Å². The van der Waals surface area contributed by atoms with Gasteiger partial charge < -0.3 is 15.0 Å². The molecule has 1 aliphatic heterocycles. The minimum atomic E-state index is -0.505. The summed E-state index contributed by atoms with van der Waals surface area (Å²) in [5, 5.41) is 13.6. The lowest BCUT2D eigenvalue weighted by Crippen LogP contribution is -2.34. The quantitative estimate of drug-likeness (QED) is 0.901. The maximum absolute atomic E-state index is 12.5. The van der Waals surface area contributed by atoms with Crippen molar-refractivity contribution in [2.75, 3.05) is 6.54 Å². The third-order valence-corrected chi connectivity index (χ3v) is 3.84. The zero-order valence-electron chi connectivity index (χ0n) is 12.1. The number of pyridine rings is 1. The van der Waals surface area contributed by atoms with Gasteiger partial charge in [0.1, 0.15) is 11.3 Å². The van der Waals surface area contributed by atoms with Crippen LogP contribution in [0.4, 0.5) is 0 Å². The second-order valence-corrected chi connectivity index (χ2v) is 5.85. The lowest BCUT2D eigenvalue weighted by atomic mass is 10.1. The van der Waals surface area contributed by atoms with Crippen LogP contribution in [0, 0.1) is 5.92 Å². The van der Waals surface area contributed by atoms with Gasteiger partial charge in [-0.25, -0.2) is 0 Å². The molecule has 0 spiro atoms. The molecule has 0 radical (unpaired) electrons. The summed E-state index contributed by atoms with van der Waals surface area (Å²) in [7, 11) is 0. The van der Waals surface area contributed by atoms with Crippen molar-refractivity contribution in [1.29, 1.82) is 0 Å². The molecular formula is C16H18N2O3. The van der Waals surface area contributed by atoms with Gasteiger partial charge in [0, 0.05) is 18.5 Å². The van der Waals surface area contributed by atoms with E-state index in [1.165, 1.54) is 0 Å². The first-order chi connectivity index (χ1) is 10.0. The summed E-state index contributed by atoms with van der Waals surface area (Å²) in [4.78, 5) is 24.7. The Labute approximate surface area is 122 Å². The number of rotatable bonds is 3. The van der Waals surface area contributed by atoms with E-state index in [4.69, 9.17) is 0 Å². The summed E-state index contributed by atoms with van der Waals surface area (Å²) in [5.74, 6) is -0.438. The second kappa shape index (κ2) is 4.91. The van der Waals surface area contributed by atoms with Crippen molar-refractivity contribution in [1.82, 2.24) is 9.88 Å². The van der Waals surface area contributed by atoms with E-state index in [9.17, 15) is 14.7 Å². The molecule has 3 rings (SSSR count). The van der Waals surface area contributed by atoms with Crippen LogP contribution < -0.4 is 10.9 Å². The molecule has 2 heterocycles. The van der Waals surface area contributed by atoms with Gasteiger partial charge in [-0.15, -0.1) is 0 Å². The monoisotopic (exact) mass is 286 g/mol. The Morgan fingerprint density at radius 2 is 2.19 bits per heavy atom. The topological polar surface area (TPSA) is 71.3 Å². The summed E-state index contributed by atoms with van der Waals surface area (Å²) in [6, 6.07) is 5.53. The predicted octanol–water partition coefficient (Wildman–Crippen LogP) is 1.65. The molecule has 0 saturated heterocycles. The molecule has 0 saturated carbocycles. The predicted molar refractivity (Wildman–Crippen MR) is 80.7 cm³/mol. The number of nitrogens with one attached hydrogen (secondary N) is 1. The first-order valence-electron chi connectivity index (χ1n) is 7.16. The molecule has 1 aromatic carbocycles. The molecule has 1 aromatic heterocycles. The number of aromatic hydroxyl groups is 1. The molecule has 0 aliphatic carbocycles. The van der Waals surface area contributed by atoms with Gasteiger partial charge in [-0.05, 0) is 24.0 Å². The van der Waals surface area contributed by atoms with Crippen molar-refractivity contribution in [3.63, 3.8) is 0 Å². The Morgan fingerprint density at radius 3 is 2.90 bits per heavy atom. The molecule has 0 unspecified atom stereocenters. The minimum Gasteiger partial charge on any atom is -0.506 e. The van der Waals surface area contributed by atoms with Crippen molar-refractivity contribution >= 4 is 16.8 Å². The summed E-state index contributed by atoms with van der Waals surface area (Å²) >= 11 is 0. The highest BCUT2D eigenvalue weighted by Crippen LogP contribution is 2.31. The highest BCUT2D eigenvalue weighted by molar-refractivity contribution is 6.03. The number of aromatic nitrogens is 1. The number of carbonyl (C=O) groups is 1. The fourth-order valence-corrected chi connectivity index (χ4v) is 2.81. The molecule has 1 aliphatic rings. The molecule has 0 atom stereocenters. The van der Waals surface area contributed by atoms with Gasteiger partial charge >= 0.3 is 0 Å². The average molecular weight is 286 g/mol. The molecule has 110 valence electrons. The number of nitrogens with zero attached hydrogens (tertiary/aromatic N) is 1. The molecule has 5 heteroatoms. The molecule has 0 fully saturated rings. The average Bonchev–Trinajstić information content (AvgIpc) is 2.88. The van der Waals surface area contributed by atoms with E-state index in [0.717, 1.165) is 17.5 Å². The van der Waals surface area contributed by atoms with Crippen LogP contribution in [0.2, 0.25) is 0 Å². The van der Waals surface area contributed by atoms with E-state index >= 15 is 0 Å². The van der Waals surface area contributed by atoms with Gasteiger partial charge in [0.2, 0.25) is 0 Å². The molecule has 2 N–H and O–H groups in total. The van der Waals surface area contributed by atoms with E-state index in [1.807, 2.05) is 26.0 Å². The van der Waals surface area contributed by atoms with E-state index < -0.39 is 11.5 Å². The number of hydrogen-bond donors (Lipinski definition) is 2. The van der Waals surface area contributed by atoms with Gasteiger partial charge in [-0.2, -0.15) is 0 Å². The van der Waals surface area contributed by atoms with Crippen LogP contribution in [0.3, 0.4) is 0 Å². The van der Waals surface area contributed by atoms with Crippen molar-refractivity contribution in [3.05, 3.63) is 39.7 Å². The van der Waals surface area contributed by atoms with Crippen LogP contribution in [0.15, 0.2) is 23.0 Å². The SMILES string of the molecule is CC(C)CNC(=O)c1c(O)c2cccc3c2n(c1=O)CC3. The van der Waals surface area contributed by atoms with Gasteiger partial charge in [0.15, 0.2) is 0 Å². The fourth-order valence-electron chi connectivity index (χ4n) is 2.81. The number of benzene rings is 1. The maximum atomic E-state index is 12.5. The molecule has 0 bridgehead atoms. The largest absolute Gasteiger partial charge is 0.506 e. The standard InChI is InChI=1S/C16H18N2O3/c1-9(2)8-17-15(20)12-14(19)11-5-3-4-10-6-7-18(13(10)11)16(12)21/h3-5,9,19H,6-8H2,1-2H3,(H,17,20). The Morgan fingerprint density at radius 1 is 1.43 bits per heavy atom. The van der Waals surface area contributed by atoms with E-state index in [1.54, 1.807) is 10.6 Å². The normalized spacial score (nSPS) is 13.1. The molecule has 5 nitrogen and oxygen atoms in total. The van der Waals surface area contributed by atoms with Crippen LogP contribution in [-0.2, 0) is 13.0 Å². The molecular weight excluding hydrogens is 268 g/mol. The number of carbonyl (C=O) groups excluding carboxylic acids is 1. The van der Waals surface area contributed by atoms with Crippen LogP contribution in [-0.4, -0.2) is 22.1 Å². The third-order valence-electron chi connectivity index (χ3n) is 3.84. The van der Waals surface area contributed by atoms with E-state index in [2.05, 4.69) is 5.32 Å². The maximum Gasteiger partial charge on any atom is 0.267 e. The van der Waals surface area contributed by atoms with Gasteiger partial charge in [0.25, 0.3) is 11.5 Å². The summed E-state index contributed by atoms with van der Waals surface area (Å²) in [5.41, 5.74) is 1.22. The highest BCUT2D eigenvalue weighted by Gasteiger charge is 2.25. The second-order valence-electron chi connectivity index (χ2n) is 5.85. The summed E-state index contributed by atoms with van der Waals surface area (Å²) in [6.07, 6.45) is 0.753. The Balaban J connectivity index is 2.18. The van der Waals surface area contributed by atoms with Crippen LogP contribution in [0.5, 0.6) is 5.75 Å². The highest BCUT2D eigenvalue weighted by atomic mass is 16.3. The van der Waals surface area contributed by atoms with E-state index in [0.29, 0.717) is 18.5 Å². The van der Waals surface area contributed by atoms with Crippen LogP contribution >= 0.6 is 0 Å². The van der Waals surface area contributed by atoms with Crippen molar-refractivity contribution in [2.45, 2.75) is 26.8 Å². The smallest absolute Gasteiger partial charge is 0.267 e. The third kappa shape index (κ3) is 2.09. The first-order valence-corrected chi connectivity index (χ1v) is 7.16. The molecule has 2 aromatic rings. The van der Waals surface area contributed by atoms with E-state index in [-0.39, 0.29) is 17.2 Å². The lowest BCUT2D eigenvalue weighted by molar-refractivity contribution is 0.0944. The first kappa shape index (κ1) is 13.7. The minimum absolute atomic E-state index is 0.151. The Bertz CT molecular complexity index is 790. The van der Waals surface area contributed by atoms with Gasteiger partial charge in [-0.1, -0.05) is 26.0 Å². The number of aryl methyl sites for hydroxylation is 2. The Kier molecular flexibility index (Phi) is 3.20. The number of hydrogen-bond acceptors (Lipinski definition) is 3. The van der Waals surface area contributed by atoms with Crippen LogP contribution in [0.25, 0.3) is 10.9 Å². The zero-order chi connectivity index (χ0) is 15.1. The summed E-state index contributed by atoms with van der Waals surface area (Å²) < 4.78 is 1.59. The number of para-hydroxylation sites is 1. The van der Waals surface area contributed by atoms with Crippen molar-refractivity contribution in [3.8, 4) is 5.75 Å². The van der Waals surface area contributed by atoms with Crippen molar-refractivity contribution in [2.24, 2.45) is 5.92 Å². The molecule has 1 amide bonds. The lowest BCUT2D eigenvalue weighted by Gasteiger charge is -2.12. The summed E-state index contributed by atoms with van der Waals surface area (Å²) in [6.45, 7) is 4.97. The van der Waals surface area contributed by atoms with Gasteiger partial charge in [0.05, 0.1) is 5.52 Å². The van der Waals surface area contributed by atoms with Crippen LogP contribution in [0.1, 0.15) is 29.8 Å². The molecule has 21 heavy (non-hydrogen) atoms. The Hall–Kier alpha value is -2.30. The van der Waals surface area contributed by atoms with Gasteiger partial charge in [-0.3, -0.25) is 9.59 Å². The fraction of sp³-hybridized carbons (Fsp3) is 0.375.